The summed E-state index contributed by atoms with van der Waals surface area (Å²) in [7, 11) is 0. The molecule has 0 aliphatic carbocycles. The number of nitrogens with zero attached hydrogens (tertiary/aromatic N) is 4. The normalized spacial score (nSPS) is 15.6. The second-order valence-corrected chi connectivity index (χ2v) is 10.3. The number of carbonyl (C=O) groups excluding carboxylic acids is 1. The Morgan fingerprint density at radius 1 is 1.12 bits per heavy atom. The summed E-state index contributed by atoms with van der Waals surface area (Å²) in [6.07, 6.45) is -3.71. The zero-order chi connectivity index (χ0) is 29.1. The van der Waals surface area contributed by atoms with Crippen LogP contribution in [0.25, 0.3) is 0 Å². The predicted molar refractivity (Wildman–Crippen MR) is 153 cm³/mol. The maximum Gasteiger partial charge on any atom is 0.421 e. The van der Waals surface area contributed by atoms with Gasteiger partial charge in [-0.25, -0.2) is 4.98 Å². The highest BCUT2D eigenvalue weighted by atomic mass is 19.4. The summed E-state index contributed by atoms with van der Waals surface area (Å²) in [5, 5.41) is 8.61. The topological polar surface area (TPSA) is 94.7 Å². The number of benzene rings is 2. The molecule has 0 spiro atoms. The first-order valence-corrected chi connectivity index (χ1v) is 13.7. The van der Waals surface area contributed by atoms with Crippen LogP contribution in [-0.4, -0.2) is 59.6 Å². The first-order valence-electron chi connectivity index (χ1n) is 13.7. The Bertz CT molecular complexity index is 1410. The first kappa shape index (κ1) is 28.5. The Morgan fingerprint density at radius 2 is 1.90 bits per heavy atom. The number of nitrogens with one attached hydrogen (secondary N) is 3. The van der Waals surface area contributed by atoms with Gasteiger partial charge in [0.1, 0.15) is 17.1 Å². The van der Waals surface area contributed by atoms with E-state index < -0.39 is 11.7 Å². The summed E-state index contributed by atoms with van der Waals surface area (Å²) in [6.45, 7) is 10.5. The highest BCUT2D eigenvalue weighted by Crippen LogP contribution is 2.36. The van der Waals surface area contributed by atoms with Gasteiger partial charge in [-0.05, 0) is 50.1 Å². The van der Waals surface area contributed by atoms with Crippen LogP contribution >= 0.6 is 0 Å². The lowest BCUT2D eigenvalue weighted by Crippen LogP contribution is -2.48. The second-order valence-electron chi connectivity index (χ2n) is 10.3. The van der Waals surface area contributed by atoms with Gasteiger partial charge in [0.05, 0.1) is 18.7 Å². The number of hydrogen-bond donors (Lipinski definition) is 3. The molecule has 0 unspecified atom stereocenters. The monoisotopic (exact) mass is 569 g/mol. The van der Waals surface area contributed by atoms with E-state index in [9.17, 15) is 18.0 Å². The summed E-state index contributed by atoms with van der Waals surface area (Å²) < 4.78 is 47.4. The molecule has 3 N–H and O–H groups in total. The van der Waals surface area contributed by atoms with Crippen LogP contribution in [0.4, 0.5) is 42.0 Å². The van der Waals surface area contributed by atoms with E-state index in [1.54, 1.807) is 18.2 Å². The molecule has 1 saturated heterocycles. The highest BCUT2D eigenvalue weighted by Gasteiger charge is 2.35. The van der Waals surface area contributed by atoms with Gasteiger partial charge in [-0.15, -0.1) is 0 Å². The smallest absolute Gasteiger partial charge is 0.421 e. The van der Waals surface area contributed by atoms with E-state index >= 15 is 0 Å². The summed E-state index contributed by atoms with van der Waals surface area (Å²) >= 11 is 0. The zero-order valence-electron chi connectivity index (χ0n) is 23.3. The molecule has 5 rings (SSSR count). The standard InChI is InChI=1S/C29H34F3N7O2/c1-4-41-25-14-20(39-12-10-38(11-13-39)18(2)3)8-9-24(25)36-28-34-17-22(29(30,31)32)27(37-28)33-16-19-6-5-7-23-21(19)15-26(40)35-23/h5-9,14,17-18H,4,10-13,15-16H2,1-3H3,(H,35,40)(H2,33,34,36,37). The molecular formula is C29H34F3N7O2. The Kier molecular flexibility index (Phi) is 8.20. The molecule has 1 aromatic heterocycles. The molecule has 3 heterocycles. The van der Waals surface area contributed by atoms with Crippen LogP contribution in [0.15, 0.2) is 42.6 Å². The molecule has 1 amide bonds. The van der Waals surface area contributed by atoms with Crippen molar-refractivity contribution in [2.75, 3.05) is 53.6 Å². The molecule has 3 aromatic rings. The van der Waals surface area contributed by atoms with Crippen molar-refractivity contribution >= 4 is 34.7 Å². The molecule has 0 saturated carbocycles. The molecule has 0 radical (unpaired) electrons. The maximum absolute atomic E-state index is 13.8. The van der Waals surface area contributed by atoms with Crippen LogP contribution in [0.2, 0.25) is 0 Å². The van der Waals surface area contributed by atoms with E-state index in [4.69, 9.17) is 4.74 Å². The maximum atomic E-state index is 13.8. The van der Waals surface area contributed by atoms with E-state index in [1.165, 1.54) is 0 Å². The van der Waals surface area contributed by atoms with E-state index in [-0.39, 0.29) is 30.6 Å². The van der Waals surface area contributed by atoms with Crippen molar-refractivity contribution in [1.29, 1.82) is 0 Å². The number of hydrogen-bond acceptors (Lipinski definition) is 8. The van der Waals surface area contributed by atoms with Crippen molar-refractivity contribution in [2.24, 2.45) is 0 Å². The fraction of sp³-hybridized carbons (Fsp3) is 0.414. The van der Waals surface area contributed by atoms with Crippen molar-refractivity contribution in [3.63, 3.8) is 0 Å². The number of ether oxygens (including phenoxy) is 1. The molecule has 0 bridgehead atoms. The molecular weight excluding hydrogens is 535 g/mol. The lowest BCUT2D eigenvalue weighted by atomic mass is 10.0. The summed E-state index contributed by atoms with van der Waals surface area (Å²) in [6, 6.07) is 11.5. The van der Waals surface area contributed by atoms with Crippen LogP contribution in [0.3, 0.4) is 0 Å². The molecule has 41 heavy (non-hydrogen) atoms. The van der Waals surface area contributed by atoms with Crippen molar-refractivity contribution in [3.8, 4) is 5.75 Å². The van der Waals surface area contributed by atoms with E-state index in [1.807, 2.05) is 25.1 Å². The lowest BCUT2D eigenvalue weighted by Gasteiger charge is -2.38. The number of halogens is 3. The Morgan fingerprint density at radius 3 is 2.61 bits per heavy atom. The van der Waals surface area contributed by atoms with Gasteiger partial charge >= 0.3 is 6.18 Å². The predicted octanol–water partition coefficient (Wildman–Crippen LogP) is 5.27. The third kappa shape index (κ3) is 6.48. The number of amides is 1. The average Bonchev–Trinajstić information content (AvgIpc) is 3.33. The molecule has 218 valence electrons. The number of fused-ring (bicyclic) bond motifs is 1. The minimum absolute atomic E-state index is 0.00474. The Hall–Kier alpha value is -4.06. The number of aromatic nitrogens is 2. The highest BCUT2D eigenvalue weighted by molar-refractivity contribution is 5.99. The van der Waals surface area contributed by atoms with Crippen molar-refractivity contribution in [3.05, 3.63) is 59.3 Å². The van der Waals surface area contributed by atoms with Gasteiger partial charge in [0, 0.05) is 62.4 Å². The van der Waals surface area contributed by atoms with Crippen LogP contribution in [-0.2, 0) is 23.9 Å². The molecule has 0 atom stereocenters. The Labute approximate surface area is 237 Å². The van der Waals surface area contributed by atoms with E-state index in [2.05, 4.69) is 49.6 Å². The molecule has 2 aliphatic heterocycles. The van der Waals surface area contributed by atoms with E-state index in [0.29, 0.717) is 35.3 Å². The van der Waals surface area contributed by atoms with Crippen molar-refractivity contribution < 1.29 is 22.7 Å². The number of carbonyl (C=O) groups is 1. The number of rotatable bonds is 9. The third-order valence-electron chi connectivity index (χ3n) is 7.35. The van der Waals surface area contributed by atoms with Gasteiger partial charge in [0.25, 0.3) is 0 Å². The van der Waals surface area contributed by atoms with Gasteiger partial charge in [-0.2, -0.15) is 18.2 Å². The molecule has 2 aromatic carbocycles. The van der Waals surface area contributed by atoms with Crippen LogP contribution in [0.1, 0.15) is 37.5 Å². The van der Waals surface area contributed by atoms with Gasteiger partial charge in [-0.1, -0.05) is 12.1 Å². The van der Waals surface area contributed by atoms with E-state index in [0.717, 1.165) is 43.6 Å². The number of piperazine rings is 1. The lowest BCUT2D eigenvalue weighted by molar-refractivity contribution is -0.137. The van der Waals surface area contributed by atoms with Gasteiger partial charge in [0.2, 0.25) is 11.9 Å². The van der Waals surface area contributed by atoms with Gasteiger partial charge in [-0.3, -0.25) is 9.69 Å². The fourth-order valence-corrected chi connectivity index (χ4v) is 5.15. The SMILES string of the molecule is CCOc1cc(N2CCN(C(C)C)CC2)ccc1Nc1ncc(C(F)(F)F)c(NCc2cccc3c2CC(=O)N3)n1. The molecule has 9 nitrogen and oxygen atoms in total. The Balaban J connectivity index is 1.36. The second kappa shape index (κ2) is 11.8. The largest absolute Gasteiger partial charge is 0.492 e. The first-order chi connectivity index (χ1) is 19.6. The quantitative estimate of drug-likeness (QED) is 0.321. The summed E-state index contributed by atoms with van der Waals surface area (Å²) in [5.41, 5.74) is 2.73. The minimum atomic E-state index is -4.66. The molecule has 12 heteroatoms. The zero-order valence-corrected chi connectivity index (χ0v) is 23.3. The van der Waals surface area contributed by atoms with Gasteiger partial charge < -0.3 is 25.6 Å². The van der Waals surface area contributed by atoms with Gasteiger partial charge in [0.15, 0.2) is 0 Å². The fourth-order valence-electron chi connectivity index (χ4n) is 5.15. The van der Waals surface area contributed by atoms with Crippen molar-refractivity contribution in [2.45, 2.75) is 46.0 Å². The number of alkyl halides is 3. The van der Waals surface area contributed by atoms with Crippen molar-refractivity contribution in [1.82, 2.24) is 14.9 Å². The molecule has 1 fully saturated rings. The summed E-state index contributed by atoms with van der Waals surface area (Å²) in [5.74, 6) is 0.0505. The average molecular weight is 570 g/mol. The minimum Gasteiger partial charge on any atom is -0.492 e. The summed E-state index contributed by atoms with van der Waals surface area (Å²) in [4.78, 5) is 24.7. The third-order valence-corrected chi connectivity index (χ3v) is 7.35. The molecule has 2 aliphatic rings. The number of anilines is 5. The van der Waals surface area contributed by atoms with Crippen LogP contribution < -0.4 is 25.6 Å². The van der Waals surface area contributed by atoms with Crippen LogP contribution in [0.5, 0.6) is 5.75 Å². The van der Waals surface area contributed by atoms with Crippen LogP contribution in [0, 0.1) is 0 Å².